The second-order valence-electron chi connectivity index (χ2n) is 6.98. The van der Waals surface area contributed by atoms with Crippen LogP contribution in [-0.2, 0) is 13.6 Å². The molecule has 1 aliphatic rings. The highest BCUT2D eigenvalue weighted by Gasteiger charge is 2.22. The highest BCUT2D eigenvalue weighted by atomic mass is 32.1. The van der Waals surface area contributed by atoms with E-state index in [0.717, 1.165) is 19.6 Å². The van der Waals surface area contributed by atoms with E-state index in [0.29, 0.717) is 34.3 Å². The summed E-state index contributed by atoms with van der Waals surface area (Å²) in [4.78, 5) is 36.6. The SMILES string of the molecule is Cn1c(=S)[nH]c2cc(C(=O)N3CCN(Cc4cccnc4)CC3)ccc2c1=O. The van der Waals surface area contributed by atoms with Crippen molar-refractivity contribution in [2.75, 3.05) is 26.2 Å². The van der Waals surface area contributed by atoms with Crippen molar-refractivity contribution in [1.29, 1.82) is 0 Å². The topological polar surface area (TPSA) is 74.2 Å². The summed E-state index contributed by atoms with van der Waals surface area (Å²) >= 11 is 5.17. The van der Waals surface area contributed by atoms with Crippen LogP contribution in [0.5, 0.6) is 0 Å². The number of pyridine rings is 1. The molecular weight excluding hydrogens is 374 g/mol. The van der Waals surface area contributed by atoms with Crippen LogP contribution in [0.15, 0.2) is 47.5 Å². The fourth-order valence-electron chi connectivity index (χ4n) is 3.48. The number of aromatic amines is 1. The molecule has 7 nitrogen and oxygen atoms in total. The monoisotopic (exact) mass is 395 g/mol. The van der Waals surface area contributed by atoms with Crippen molar-refractivity contribution < 1.29 is 4.79 Å². The molecule has 0 unspecified atom stereocenters. The highest BCUT2D eigenvalue weighted by molar-refractivity contribution is 7.71. The Morgan fingerprint density at radius 3 is 2.71 bits per heavy atom. The smallest absolute Gasteiger partial charge is 0.261 e. The molecule has 144 valence electrons. The summed E-state index contributed by atoms with van der Waals surface area (Å²) in [5.74, 6) is -0.0251. The van der Waals surface area contributed by atoms with Crippen LogP contribution in [0, 0.1) is 4.77 Å². The standard InChI is InChI=1S/C20H21N5O2S/c1-23-19(27)16-5-4-15(11-17(16)22-20(23)28)18(26)25-9-7-24(8-10-25)13-14-3-2-6-21-12-14/h2-6,11-12H,7-10,13H2,1H3,(H,22,28). The summed E-state index contributed by atoms with van der Waals surface area (Å²) in [5, 5.41) is 0.522. The van der Waals surface area contributed by atoms with Crippen molar-refractivity contribution in [1.82, 2.24) is 24.3 Å². The first-order chi connectivity index (χ1) is 13.5. The minimum Gasteiger partial charge on any atom is -0.336 e. The van der Waals surface area contributed by atoms with E-state index in [2.05, 4.69) is 20.9 Å². The number of fused-ring (bicyclic) bond motifs is 1. The van der Waals surface area contributed by atoms with Gasteiger partial charge in [-0.2, -0.15) is 0 Å². The average molecular weight is 395 g/mol. The molecule has 8 heteroatoms. The first-order valence-corrected chi connectivity index (χ1v) is 9.57. The number of carbonyl (C=O) groups excluding carboxylic acids is 1. The van der Waals surface area contributed by atoms with Crippen LogP contribution in [0.3, 0.4) is 0 Å². The van der Waals surface area contributed by atoms with Crippen LogP contribution in [-0.4, -0.2) is 56.4 Å². The molecule has 1 saturated heterocycles. The summed E-state index contributed by atoms with van der Waals surface area (Å²) in [7, 11) is 1.63. The zero-order valence-corrected chi connectivity index (χ0v) is 16.4. The van der Waals surface area contributed by atoms with Gasteiger partial charge in [0.25, 0.3) is 11.5 Å². The van der Waals surface area contributed by atoms with Gasteiger partial charge in [-0.1, -0.05) is 6.07 Å². The van der Waals surface area contributed by atoms with E-state index in [1.807, 2.05) is 17.2 Å². The Morgan fingerprint density at radius 1 is 1.21 bits per heavy atom. The van der Waals surface area contributed by atoms with E-state index in [4.69, 9.17) is 12.2 Å². The second-order valence-corrected chi connectivity index (χ2v) is 7.37. The molecule has 0 radical (unpaired) electrons. The molecule has 0 saturated carbocycles. The zero-order chi connectivity index (χ0) is 19.7. The van der Waals surface area contributed by atoms with E-state index < -0.39 is 0 Å². The summed E-state index contributed by atoms with van der Waals surface area (Å²) in [6.07, 6.45) is 3.65. The van der Waals surface area contributed by atoms with Crippen LogP contribution >= 0.6 is 12.2 Å². The number of aromatic nitrogens is 3. The maximum Gasteiger partial charge on any atom is 0.261 e. The molecule has 1 aliphatic heterocycles. The third-order valence-corrected chi connectivity index (χ3v) is 5.51. The van der Waals surface area contributed by atoms with Gasteiger partial charge >= 0.3 is 0 Å². The van der Waals surface area contributed by atoms with Gasteiger partial charge in [-0.25, -0.2) is 0 Å². The predicted molar refractivity (Wildman–Crippen MR) is 110 cm³/mol. The lowest BCUT2D eigenvalue weighted by Crippen LogP contribution is -2.48. The quantitative estimate of drug-likeness (QED) is 0.686. The molecule has 1 fully saturated rings. The highest BCUT2D eigenvalue weighted by Crippen LogP contribution is 2.15. The van der Waals surface area contributed by atoms with Gasteiger partial charge in [-0.3, -0.25) is 24.0 Å². The number of piperazine rings is 1. The number of benzene rings is 1. The summed E-state index contributed by atoms with van der Waals surface area (Å²) in [6.45, 7) is 3.81. The Morgan fingerprint density at radius 2 is 2.00 bits per heavy atom. The maximum absolute atomic E-state index is 12.9. The summed E-state index contributed by atoms with van der Waals surface area (Å²) < 4.78 is 1.73. The first kappa shape index (κ1) is 18.5. The predicted octanol–water partition coefficient (Wildman–Crippen LogP) is 1.95. The molecule has 1 aromatic carbocycles. The van der Waals surface area contributed by atoms with Crippen LogP contribution < -0.4 is 5.56 Å². The molecule has 0 aliphatic carbocycles. The lowest BCUT2D eigenvalue weighted by Gasteiger charge is -2.34. The minimum atomic E-state index is -0.165. The number of carbonyl (C=O) groups is 1. The van der Waals surface area contributed by atoms with Gasteiger partial charge in [0, 0.05) is 57.7 Å². The molecule has 1 N–H and O–H groups in total. The van der Waals surface area contributed by atoms with Crippen molar-refractivity contribution in [3.05, 3.63) is 69.0 Å². The van der Waals surface area contributed by atoms with E-state index in [9.17, 15) is 9.59 Å². The Labute approximate surface area is 167 Å². The summed E-state index contributed by atoms with van der Waals surface area (Å²) in [5.41, 5.74) is 2.16. The van der Waals surface area contributed by atoms with Crippen molar-refractivity contribution in [2.24, 2.45) is 7.05 Å². The van der Waals surface area contributed by atoms with Crippen molar-refractivity contribution in [3.63, 3.8) is 0 Å². The number of H-pyrrole nitrogens is 1. The third kappa shape index (κ3) is 3.61. The molecule has 4 rings (SSSR count). The molecule has 0 atom stereocenters. The Bertz CT molecular complexity index is 1130. The van der Waals surface area contributed by atoms with E-state index in [1.165, 1.54) is 10.1 Å². The van der Waals surface area contributed by atoms with E-state index >= 15 is 0 Å². The van der Waals surface area contributed by atoms with Gasteiger partial charge in [-0.15, -0.1) is 0 Å². The average Bonchev–Trinajstić information content (AvgIpc) is 2.72. The van der Waals surface area contributed by atoms with E-state index in [-0.39, 0.29) is 11.5 Å². The Balaban J connectivity index is 1.47. The third-order valence-electron chi connectivity index (χ3n) is 5.14. The number of nitrogens with zero attached hydrogens (tertiary/aromatic N) is 4. The van der Waals surface area contributed by atoms with Gasteiger partial charge in [-0.05, 0) is 42.0 Å². The number of hydrogen-bond donors (Lipinski definition) is 1. The Kier molecular flexibility index (Phi) is 5.06. The number of nitrogens with one attached hydrogen (secondary N) is 1. The van der Waals surface area contributed by atoms with Crippen molar-refractivity contribution in [2.45, 2.75) is 6.54 Å². The first-order valence-electron chi connectivity index (χ1n) is 9.16. The molecule has 28 heavy (non-hydrogen) atoms. The van der Waals surface area contributed by atoms with Crippen LogP contribution in [0.25, 0.3) is 10.9 Å². The largest absolute Gasteiger partial charge is 0.336 e. The molecule has 3 heterocycles. The van der Waals surface area contributed by atoms with Crippen molar-refractivity contribution >= 4 is 29.0 Å². The molecule has 2 aromatic heterocycles. The molecule has 0 bridgehead atoms. The van der Waals surface area contributed by atoms with Gasteiger partial charge < -0.3 is 9.88 Å². The maximum atomic E-state index is 12.9. The van der Waals surface area contributed by atoms with Crippen LogP contribution in [0.4, 0.5) is 0 Å². The normalized spacial score (nSPS) is 15.1. The second kappa shape index (κ2) is 7.65. The van der Waals surface area contributed by atoms with Gasteiger partial charge in [0.05, 0.1) is 10.9 Å². The van der Waals surface area contributed by atoms with Gasteiger partial charge in [0.2, 0.25) is 0 Å². The van der Waals surface area contributed by atoms with Crippen LogP contribution in [0.1, 0.15) is 15.9 Å². The summed E-state index contributed by atoms with van der Waals surface area (Å²) in [6, 6.07) is 9.12. The fourth-order valence-corrected chi connectivity index (χ4v) is 3.67. The van der Waals surface area contributed by atoms with Crippen molar-refractivity contribution in [3.8, 4) is 0 Å². The zero-order valence-electron chi connectivity index (χ0n) is 15.6. The number of rotatable bonds is 3. The molecule has 0 spiro atoms. The number of hydrogen-bond acceptors (Lipinski definition) is 5. The fraction of sp³-hybridized carbons (Fsp3) is 0.300. The number of amides is 1. The van der Waals surface area contributed by atoms with E-state index in [1.54, 1.807) is 31.4 Å². The Hall–Kier alpha value is -2.84. The van der Waals surface area contributed by atoms with Crippen LogP contribution in [0.2, 0.25) is 0 Å². The molecule has 3 aromatic rings. The minimum absolute atomic E-state index is 0.0251. The molecule has 1 amide bonds. The van der Waals surface area contributed by atoms with Gasteiger partial charge in [0.15, 0.2) is 4.77 Å². The van der Waals surface area contributed by atoms with Gasteiger partial charge in [0.1, 0.15) is 0 Å². The lowest BCUT2D eigenvalue weighted by molar-refractivity contribution is 0.0628. The lowest BCUT2D eigenvalue weighted by atomic mass is 10.1. The molecular formula is C20H21N5O2S.